The fourth-order valence-electron chi connectivity index (χ4n) is 10.2. The molecule has 3 saturated carbocycles. The summed E-state index contributed by atoms with van der Waals surface area (Å²) in [7, 11) is 3.38. The van der Waals surface area contributed by atoms with Crippen LogP contribution in [-0.4, -0.2) is 111 Å². The Morgan fingerprint density at radius 1 is 0.654 bits per heavy atom. The molecule has 7 aliphatic rings. The number of amides is 2. The van der Waals surface area contributed by atoms with Gasteiger partial charge in [0.2, 0.25) is 0 Å². The molecule has 0 aromatic rings. The highest BCUT2D eigenvalue weighted by molar-refractivity contribution is 5.68. The molecule has 12 atom stereocenters. The predicted molar refractivity (Wildman–Crippen MR) is 192 cm³/mol. The van der Waals surface area contributed by atoms with Gasteiger partial charge in [0.15, 0.2) is 0 Å². The Kier molecular flexibility index (Phi) is 10.6. The normalized spacial score (nSPS) is 45.8. The zero-order chi connectivity index (χ0) is 37.1. The van der Waals surface area contributed by atoms with Gasteiger partial charge in [-0.25, -0.2) is 9.59 Å². The van der Waals surface area contributed by atoms with Gasteiger partial charge in [-0.15, -0.1) is 0 Å². The topological polar surface area (TPSA) is 145 Å². The Morgan fingerprint density at radius 2 is 1.02 bits per heavy atom. The van der Waals surface area contributed by atoms with Gasteiger partial charge in [-0.3, -0.25) is 0 Å². The van der Waals surface area contributed by atoms with Gasteiger partial charge >= 0.3 is 12.2 Å². The smallest absolute Gasteiger partial charge is 0.407 e. The lowest BCUT2D eigenvalue weighted by Crippen LogP contribution is -2.56. The summed E-state index contributed by atoms with van der Waals surface area (Å²) >= 11 is 0. The first-order valence-corrected chi connectivity index (χ1v) is 19.7. The number of carbonyl (C=O) groups excluding carboxylic acids is 2. The number of hydrogen-bond donors (Lipinski definition) is 2. The van der Waals surface area contributed by atoms with Crippen LogP contribution in [0.2, 0.25) is 0 Å². The molecule has 0 unspecified atom stereocenters. The molecular formula is C40H62N2O10. The molecule has 12 nitrogen and oxygen atoms in total. The van der Waals surface area contributed by atoms with Crippen molar-refractivity contribution in [2.75, 3.05) is 27.4 Å². The minimum atomic E-state index is -0.427. The number of carbonyl (C=O) groups is 2. The monoisotopic (exact) mass is 730 g/mol. The van der Waals surface area contributed by atoms with Gasteiger partial charge in [0.05, 0.1) is 37.3 Å². The Hall–Kier alpha value is -2.22. The van der Waals surface area contributed by atoms with Crippen molar-refractivity contribution in [2.24, 2.45) is 11.8 Å². The van der Waals surface area contributed by atoms with E-state index in [-0.39, 0.29) is 70.7 Å². The van der Waals surface area contributed by atoms with Crippen molar-refractivity contribution in [1.29, 1.82) is 0 Å². The van der Waals surface area contributed by atoms with Crippen LogP contribution in [0.15, 0.2) is 23.3 Å². The van der Waals surface area contributed by atoms with Crippen molar-refractivity contribution in [1.82, 2.24) is 10.6 Å². The van der Waals surface area contributed by atoms with Crippen LogP contribution in [0.5, 0.6) is 0 Å². The number of epoxide rings is 4. The van der Waals surface area contributed by atoms with Gasteiger partial charge in [-0.05, 0) is 106 Å². The number of nitrogens with one attached hydrogen (secondary N) is 2. The van der Waals surface area contributed by atoms with E-state index >= 15 is 0 Å². The van der Waals surface area contributed by atoms with Crippen LogP contribution in [0.25, 0.3) is 0 Å². The zero-order valence-corrected chi connectivity index (χ0v) is 32.5. The molecule has 2 amide bonds. The van der Waals surface area contributed by atoms with Crippen molar-refractivity contribution < 1.29 is 47.5 Å². The van der Waals surface area contributed by atoms with Gasteiger partial charge in [-0.2, -0.15) is 0 Å². The molecular weight excluding hydrogens is 668 g/mol. The number of ether oxygens (including phenoxy) is 8. The van der Waals surface area contributed by atoms with Gasteiger partial charge < -0.3 is 48.5 Å². The number of methoxy groups -OCH3 is 2. The molecule has 52 heavy (non-hydrogen) atoms. The Balaban J connectivity index is 0.871. The van der Waals surface area contributed by atoms with Gasteiger partial charge in [-0.1, -0.05) is 23.3 Å². The molecule has 7 rings (SSSR count). The van der Waals surface area contributed by atoms with E-state index in [1.54, 1.807) is 14.2 Å². The molecule has 292 valence electrons. The van der Waals surface area contributed by atoms with Crippen LogP contribution in [0, 0.1) is 11.8 Å². The lowest BCUT2D eigenvalue weighted by atomic mass is 9.68. The first-order valence-electron chi connectivity index (χ1n) is 19.7. The van der Waals surface area contributed by atoms with Crippen molar-refractivity contribution in [2.45, 2.75) is 177 Å². The molecule has 4 heterocycles. The lowest BCUT2D eigenvalue weighted by Gasteiger charge is -2.43. The molecule has 0 bridgehead atoms. The molecule has 4 aliphatic heterocycles. The maximum absolute atomic E-state index is 13.2. The van der Waals surface area contributed by atoms with Crippen LogP contribution in [-0.2, 0) is 37.9 Å². The highest BCUT2D eigenvalue weighted by Gasteiger charge is 2.73. The fourth-order valence-corrected chi connectivity index (χ4v) is 10.2. The van der Waals surface area contributed by atoms with Crippen LogP contribution in [0.3, 0.4) is 0 Å². The standard InChI is InChI=1S/C40H62N2O10/c1-23(2)9-15-29-37(5,51-29)33-31(45-7)27(17-19-39(33)21-47-39)49-35(43)41-25-11-13-26(14-12-25)42-36(44)50-28-18-20-40(22-48-40)34(32(28)46-8)38(6)30(52-38)16-10-24(3)4/h9-10,25-34H,11-22H2,1-8H3,(H,41,43)(H,42,44)/t25?,26?,27-,28-,29-,30-,31-,32-,33-,34-,37+,38+,39+,40+/m1/s1. The highest BCUT2D eigenvalue weighted by Crippen LogP contribution is 2.61. The summed E-state index contributed by atoms with van der Waals surface area (Å²) in [6.45, 7) is 14.0. The molecule has 3 aliphatic carbocycles. The number of rotatable bonds is 12. The Labute approximate surface area is 309 Å². The van der Waals surface area contributed by atoms with E-state index in [9.17, 15) is 9.59 Å². The summed E-state index contributed by atoms with van der Waals surface area (Å²) < 4.78 is 48.9. The van der Waals surface area contributed by atoms with Crippen molar-refractivity contribution in [3.05, 3.63) is 23.3 Å². The Morgan fingerprint density at radius 3 is 1.33 bits per heavy atom. The maximum atomic E-state index is 13.2. The summed E-state index contributed by atoms with van der Waals surface area (Å²) in [5.74, 6) is -0.0467. The molecule has 0 aromatic carbocycles. The average Bonchev–Trinajstić information content (AvgIpc) is 3.97. The van der Waals surface area contributed by atoms with E-state index in [0.717, 1.165) is 51.4 Å². The SMILES string of the molecule is CO[C@@H]1[C@H](OC(=O)NC2CCC(NC(=O)O[C@@H]3CC[C@]4(CO4)[C@@H]([C@@]4(C)O[C@@H]4CC=C(C)C)[C@@H]3OC)CC2)CC[C@]2(CO2)[C@H]1[C@@]1(C)O[C@@H]1CC=C(C)C. The summed E-state index contributed by atoms with van der Waals surface area (Å²) in [6, 6.07) is -0.0776. The lowest BCUT2D eigenvalue weighted by molar-refractivity contribution is -0.118. The molecule has 7 fully saturated rings. The molecule has 2 N–H and O–H groups in total. The minimum Gasteiger partial charge on any atom is -0.443 e. The van der Waals surface area contributed by atoms with Gasteiger partial charge in [0, 0.05) is 26.3 Å². The molecule has 0 aromatic heterocycles. The van der Waals surface area contributed by atoms with Crippen molar-refractivity contribution >= 4 is 12.2 Å². The molecule has 0 radical (unpaired) electrons. The van der Waals surface area contributed by atoms with Gasteiger partial charge in [0.25, 0.3) is 0 Å². The summed E-state index contributed by atoms with van der Waals surface area (Å²) in [5, 5.41) is 6.19. The van der Waals surface area contributed by atoms with E-state index in [2.05, 4.69) is 64.3 Å². The highest BCUT2D eigenvalue weighted by atomic mass is 16.6. The van der Waals surface area contributed by atoms with Crippen LogP contribution in [0.4, 0.5) is 9.59 Å². The first kappa shape index (κ1) is 38.1. The van der Waals surface area contributed by atoms with Crippen LogP contribution in [0.1, 0.15) is 106 Å². The maximum Gasteiger partial charge on any atom is 0.407 e. The van der Waals surface area contributed by atoms with E-state index < -0.39 is 24.4 Å². The number of hydrogen-bond acceptors (Lipinski definition) is 10. The summed E-state index contributed by atoms with van der Waals surface area (Å²) in [5.41, 5.74) is 1.22. The van der Waals surface area contributed by atoms with E-state index in [4.69, 9.17) is 37.9 Å². The quantitative estimate of drug-likeness (QED) is 0.184. The van der Waals surface area contributed by atoms with Crippen molar-refractivity contribution in [3.8, 4) is 0 Å². The molecule has 2 spiro atoms. The summed E-state index contributed by atoms with van der Waals surface area (Å²) in [6.07, 6.45) is 9.91. The second kappa shape index (κ2) is 14.5. The fraction of sp³-hybridized carbons (Fsp3) is 0.850. The second-order valence-electron chi connectivity index (χ2n) is 17.5. The second-order valence-corrected chi connectivity index (χ2v) is 17.5. The van der Waals surface area contributed by atoms with E-state index in [1.165, 1.54) is 11.1 Å². The third kappa shape index (κ3) is 7.54. The third-order valence-corrected chi connectivity index (χ3v) is 13.4. The number of alkyl carbamates (subject to hydrolysis) is 2. The zero-order valence-electron chi connectivity index (χ0n) is 32.5. The van der Waals surface area contributed by atoms with E-state index in [0.29, 0.717) is 26.1 Å². The minimum absolute atomic E-state index is 0.0233. The average molecular weight is 731 g/mol. The third-order valence-electron chi connectivity index (χ3n) is 13.4. The number of allylic oxidation sites excluding steroid dienone is 2. The van der Waals surface area contributed by atoms with Crippen molar-refractivity contribution in [3.63, 3.8) is 0 Å². The Bertz CT molecular complexity index is 1290. The van der Waals surface area contributed by atoms with Crippen LogP contribution >= 0.6 is 0 Å². The van der Waals surface area contributed by atoms with E-state index in [1.807, 2.05) is 0 Å². The molecule has 4 saturated heterocycles. The first-order chi connectivity index (χ1) is 24.8. The predicted octanol–water partition coefficient (Wildman–Crippen LogP) is 5.90. The van der Waals surface area contributed by atoms with Crippen LogP contribution < -0.4 is 10.6 Å². The largest absolute Gasteiger partial charge is 0.443 e. The molecule has 12 heteroatoms. The summed E-state index contributed by atoms with van der Waals surface area (Å²) in [4.78, 5) is 26.5. The van der Waals surface area contributed by atoms with Gasteiger partial charge in [0.1, 0.15) is 46.8 Å².